The second kappa shape index (κ2) is 5.81. The van der Waals surface area contributed by atoms with E-state index in [0.717, 1.165) is 26.1 Å². The molecule has 5 heteroatoms. The highest BCUT2D eigenvalue weighted by Gasteiger charge is 2.31. The molecule has 1 atom stereocenters. The molecule has 1 aromatic carbocycles. The minimum atomic E-state index is -0.300. The van der Waals surface area contributed by atoms with Crippen LogP contribution in [0.25, 0.3) is 0 Å². The lowest BCUT2D eigenvalue weighted by Gasteiger charge is -2.34. The van der Waals surface area contributed by atoms with Gasteiger partial charge in [-0.15, -0.1) is 0 Å². The maximum absolute atomic E-state index is 11.8. The molecule has 1 saturated heterocycles. The third-order valence-electron chi connectivity index (χ3n) is 4.02. The summed E-state index contributed by atoms with van der Waals surface area (Å²) < 4.78 is 10.3. The van der Waals surface area contributed by atoms with Gasteiger partial charge < -0.3 is 14.8 Å². The first-order valence-electron chi connectivity index (χ1n) is 7.04. The first-order chi connectivity index (χ1) is 9.79. The number of hydrogen-bond acceptors (Lipinski definition) is 5. The standard InChI is InChI=1S/C15H20N2O3/c1-19-15(18)13-10-20-8-7-17(13)9-12-4-2-3-11-5-6-16-14(11)12/h2-4,13,16H,5-10H2,1H3. The Hall–Kier alpha value is -1.59. The molecular weight excluding hydrogens is 256 g/mol. The van der Waals surface area contributed by atoms with Crippen LogP contribution < -0.4 is 5.32 Å². The van der Waals surface area contributed by atoms with Crippen LogP contribution >= 0.6 is 0 Å². The third kappa shape index (κ3) is 2.51. The van der Waals surface area contributed by atoms with Gasteiger partial charge in [-0.2, -0.15) is 0 Å². The van der Waals surface area contributed by atoms with Crippen molar-refractivity contribution in [2.45, 2.75) is 19.0 Å². The Balaban J connectivity index is 1.79. The van der Waals surface area contributed by atoms with E-state index in [1.165, 1.54) is 23.9 Å². The molecule has 1 fully saturated rings. The Kier molecular flexibility index (Phi) is 3.89. The number of esters is 1. The molecule has 0 spiro atoms. The fourth-order valence-corrected chi connectivity index (χ4v) is 2.94. The van der Waals surface area contributed by atoms with Crippen LogP contribution in [0.1, 0.15) is 11.1 Å². The molecule has 108 valence electrons. The molecule has 0 bridgehead atoms. The normalized spacial score (nSPS) is 22.1. The number of para-hydroxylation sites is 1. The zero-order chi connectivity index (χ0) is 13.9. The minimum absolute atomic E-state index is 0.217. The number of rotatable bonds is 3. The highest BCUT2D eigenvalue weighted by molar-refractivity contribution is 5.76. The maximum atomic E-state index is 11.8. The fourth-order valence-electron chi connectivity index (χ4n) is 2.94. The number of nitrogens with zero attached hydrogens (tertiary/aromatic N) is 1. The highest BCUT2D eigenvalue weighted by Crippen LogP contribution is 2.28. The molecular formula is C15H20N2O3. The van der Waals surface area contributed by atoms with Crippen LogP contribution in [0.2, 0.25) is 0 Å². The number of anilines is 1. The number of carbonyl (C=O) groups excluding carboxylic acids is 1. The van der Waals surface area contributed by atoms with E-state index in [9.17, 15) is 4.79 Å². The molecule has 20 heavy (non-hydrogen) atoms. The molecule has 1 unspecified atom stereocenters. The van der Waals surface area contributed by atoms with Gasteiger partial charge in [-0.25, -0.2) is 0 Å². The van der Waals surface area contributed by atoms with Crippen molar-refractivity contribution >= 4 is 11.7 Å². The minimum Gasteiger partial charge on any atom is -0.468 e. The van der Waals surface area contributed by atoms with Gasteiger partial charge in [0.15, 0.2) is 0 Å². The van der Waals surface area contributed by atoms with Gasteiger partial charge in [-0.3, -0.25) is 9.69 Å². The van der Waals surface area contributed by atoms with Crippen molar-refractivity contribution in [2.24, 2.45) is 0 Å². The zero-order valence-electron chi connectivity index (χ0n) is 11.7. The van der Waals surface area contributed by atoms with Gasteiger partial charge in [-0.1, -0.05) is 18.2 Å². The summed E-state index contributed by atoms with van der Waals surface area (Å²) in [7, 11) is 1.43. The van der Waals surface area contributed by atoms with E-state index >= 15 is 0 Å². The highest BCUT2D eigenvalue weighted by atomic mass is 16.5. The van der Waals surface area contributed by atoms with Gasteiger partial charge in [0.1, 0.15) is 6.04 Å². The number of methoxy groups -OCH3 is 1. The molecule has 0 saturated carbocycles. The van der Waals surface area contributed by atoms with E-state index in [2.05, 4.69) is 28.4 Å². The second-order valence-electron chi connectivity index (χ2n) is 5.21. The smallest absolute Gasteiger partial charge is 0.325 e. The number of nitrogens with one attached hydrogen (secondary N) is 1. The molecule has 5 nitrogen and oxygen atoms in total. The molecule has 0 radical (unpaired) electrons. The maximum Gasteiger partial charge on any atom is 0.325 e. The van der Waals surface area contributed by atoms with E-state index in [-0.39, 0.29) is 12.0 Å². The summed E-state index contributed by atoms with van der Waals surface area (Å²) in [6, 6.07) is 6.08. The predicted molar refractivity (Wildman–Crippen MR) is 75.7 cm³/mol. The molecule has 0 aromatic heterocycles. The molecule has 2 heterocycles. The van der Waals surface area contributed by atoms with Gasteiger partial charge in [0.25, 0.3) is 0 Å². The van der Waals surface area contributed by atoms with Crippen LogP contribution in [0.15, 0.2) is 18.2 Å². The van der Waals surface area contributed by atoms with Crippen LogP contribution in [-0.4, -0.2) is 50.3 Å². The number of ether oxygens (including phenoxy) is 2. The summed E-state index contributed by atoms with van der Waals surface area (Å²) in [6.45, 7) is 3.57. The molecule has 2 aliphatic rings. The van der Waals surface area contributed by atoms with Crippen molar-refractivity contribution < 1.29 is 14.3 Å². The Morgan fingerprint density at radius 2 is 2.45 bits per heavy atom. The van der Waals surface area contributed by atoms with Gasteiger partial charge in [0, 0.05) is 25.3 Å². The van der Waals surface area contributed by atoms with Crippen LogP contribution in [0.4, 0.5) is 5.69 Å². The topological polar surface area (TPSA) is 50.8 Å². The van der Waals surface area contributed by atoms with Crippen molar-refractivity contribution in [3.63, 3.8) is 0 Å². The van der Waals surface area contributed by atoms with Gasteiger partial charge >= 0.3 is 5.97 Å². The van der Waals surface area contributed by atoms with Gasteiger partial charge in [0.05, 0.1) is 20.3 Å². The zero-order valence-corrected chi connectivity index (χ0v) is 11.7. The summed E-state index contributed by atoms with van der Waals surface area (Å²) in [6.07, 6.45) is 1.08. The monoisotopic (exact) mass is 276 g/mol. The summed E-state index contributed by atoms with van der Waals surface area (Å²) in [5.74, 6) is -0.217. The third-order valence-corrected chi connectivity index (χ3v) is 4.02. The molecule has 2 aliphatic heterocycles. The Bertz CT molecular complexity index is 504. The quantitative estimate of drug-likeness (QED) is 0.836. The molecule has 3 rings (SSSR count). The van der Waals surface area contributed by atoms with Crippen molar-refractivity contribution in [1.29, 1.82) is 0 Å². The lowest BCUT2D eigenvalue weighted by atomic mass is 10.1. The van der Waals surface area contributed by atoms with E-state index in [1.54, 1.807) is 0 Å². The molecule has 0 aliphatic carbocycles. The molecule has 1 aromatic rings. The summed E-state index contributed by atoms with van der Waals surface area (Å²) >= 11 is 0. The Morgan fingerprint density at radius 1 is 1.55 bits per heavy atom. The van der Waals surface area contributed by atoms with Crippen molar-refractivity contribution in [3.8, 4) is 0 Å². The van der Waals surface area contributed by atoms with E-state index in [4.69, 9.17) is 9.47 Å². The van der Waals surface area contributed by atoms with E-state index in [1.807, 2.05) is 0 Å². The lowest BCUT2D eigenvalue weighted by Crippen LogP contribution is -2.49. The van der Waals surface area contributed by atoms with Crippen LogP contribution in [0, 0.1) is 0 Å². The van der Waals surface area contributed by atoms with Crippen LogP contribution in [-0.2, 0) is 27.2 Å². The average Bonchev–Trinajstić information content (AvgIpc) is 2.96. The van der Waals surface area contributed by atoms with Gasteiger partial charge in [-0.05, 0) is 17.5 Å². The molecule has 1 N–H and O–H groups in total. The average molecular weight is 276 g/mol. The number of benzene rings is 1. The van der Waals surface area contributed by atoms with Crippen LogP contribution in [0.3, 0.4) is 0 Å². The van der Waals surface area contributed by atoms with Crippen molar-refractivity contribution in [2.75, 3.05) is 38.7 Å². The Labute approximate surface area is 118 Å². The van der Waals surface area contributed by atoms with Crippen LogP contribution in [0.5, 0.6) is 0 Å². The summed E-state index contributed by atoms with van der Waals surface area (Å²) in [4.78, 5) is 14.0. The summed E-state index contributed by atoms with van der Waals surface area (Å²) in [5, 5.41) is 3.44. The van der Waals surface area contributed by atoms with Gasteiger partial charge in [0.2, 0.25) is 0 Å². The second-order valence-corrected chi connectivity index (χ2v) is 5.21. The number of morpholine rings is 1. The SMILES string of the molecule is COC(=O)C1COCCN1Cc1cccc2c1NCC2. The van der Waals surface area contributed by atoms with Crippen molar-refractivity contribution in [1.82, 2.24) is 4.90 Å². The van der Waals surface area contributed by atoms with E-state index in [0.29, 0.717) is 13.2 Å². The predicted octanol–water partition coefficient (Wildman–Crippen LogP) is 1.03. The summed E-state index contributed by atoms with van der Waals surface area (Å²) in [5.41, 5.74) is 3.85. The first-order valence-corrected chi connectivity index (χ1v) is 7.04. The lowest BCUT2D eigenvalue weighted by molar-refractivity contribution is -0.153. The number of hydrogen-bond donors (Lipinski definition) is 1. The molecule has 0 amide bonds. The fraction of sp³-hybridized carbons (Fsp3) is 0.533. The number of fused-ring (bicyclic) bond motifs is 1. The van der Waals surface area contributed by atoms with E-state index < -0.39 is 0 Å². The van der Waals surface area contributed by atoms with Crippen molar-refractivity contribution in [3.05, 3.63) is 29.3 Å². The first kappa shape index (κ1) is 13.4. The largest absolute Gasteiger partial charge is 0.468 e. The number of carbonyl (C=O) groups is 1. The Morgan fingerprint density at radius 3 is 3.30 bits per heavy atom.